The highest BCUT2D eigenvalue weighted by Crippen LogP contribution is 2.24. The average Bonchev–Trinajstić information content (AvgIpc) is 2.51. The standard InChI is InChI=1S/C10H17ClN4/c1-14(2)7-3-4-15-8(6-12)10(11)13-9(15)5-7/h7H,3-6,12H2,1-2H3. The van der Waals surface area contributed by atoms with E-state index in [9.17, 15) is 0 Å². The number of hydrogen-bond acceptors (Lipinski definition) is 3. The van der Waals surface area contributed by atoms with Gasteiger partial charge in [0.1, 0.15) is 5.82 Å². The molecule has 2 rings (SSSR count). The summed E-state index contributed by atoms with van der Waals surface area (Å²) in [5, 5.41) is 0.576. The fourth-order valence-electron chi connectivity index (χ4n) is 2.15. The lowest BCUT2D eigenvalue weighted by Gasteiger charge is -2.29. The van der Waals surface area contributed by atoms with Gasteiger partial charge in [0.25, 0.3) is 0 Å². The quantitative estimate of drug-likeness (QED) is 0.817. The van der Waals surface area contributed by atoms with Crippen LogP contribution < -0.4 is 5.73 Å². The minimum Gasteiger partial charge on any atom is -0.329 e. The van der Waals surface area contributed by atoms with Crippen molar-refractivity contribution in [2.75, 3.05) is 14.1 Å². The number of aromatic nitrogens is 2. The van der Waals surface area contributed by atoms with Crippen LogP contribution >= 0.6 is 11.6 Å². The molecule has 0 amide bonds. The molecule has 0 radical (unpaired) electrons. The van der Waals surface area contributed by atoms with E-state index in [1.807, 2.05) is 0 Å². The summed E-state index contributed by atoms with van der Waals surface area (Å²) in [4.78, 5) is 6.62. The van der Waals surface area contributed by atoms with Crippen molar-refractivity contribution in [1.82, 2.24) is 14.5 Å². The number of halogens is 1. The smallest absolute Gasteiger partial charge is 0.151 e. The van der Waals surface area contributed by atoms with Crippen molar-refractivity contribution < 1.29 is 0 Å². The molecule has 1 aliphatic rings. The summed E-state index contributed by atoms with van der Waals surface area (Å²) in [5.74, 6) is 1.07. The van der Waals surface area contributed by atoms with Gasteiger partial charge >= 0.3 is 0 Å². The molecule has 4 nitrogen and oxygen atoms in total. The molecule has 1 aliphatic heterocycles. The first kappa shape index (κ1) is 10.9. The van der Waals surface area contributed by atoms with Crippen molar-refractivity contribution >= 4 is 11.6 Å². The molecule has 0 fully saturated rings. The third-order valence-electron chi connectivity index (χ3n) is 3.13. The monoisotopic (exact) mass is 228 g/mol. The van der Waals surface area contributed by atoms with Gasteiger partial charge in [-0.15, -0.1) is 0 Å². The Balaban J connectivity index is 2.28. The second-order valence-electron chi connectivity index (χ2n) is 4.23. The maximum atomic E-state index is 6.04. The van der Waals surface area contributed by atoms with E-state index in [1.165, 1.54) is 0 Å². The molecule has 1 aromatic heterocycles. The molecular formula is C10H17ClN4. The lowest BCUT2D eigenvalue weighted by molar-refractivity contribution is 0.241. The van der Waals surface area contributed by atoms with Crippen molar-refractivity contribution in [2.45, 2.75) is 32.0 Å². The molecule has 0 aliphatic carbocycles. The van der Waals surface area contributed by atoms with Crippen LogP contribution in [0.2, 0.25) is 5.15 Å². The van der Waals surface area contributed by atoms with Gasteiger partial charge < -0.3 is 15.2 Å². The van der Waals surface area contributed by atoms with E-state index in [2.05, 4.69) is 28.5 Å². The number of hydrogen-bond donors (Lipinski definition) is 1. The summed E-state index contributed by atoms with van der Waals surface area (Å²) in [6.45, 7) is 1.45. The Morgan fingerprint density at radius 2 is 2.33 bits per heavy atom. The fraction of sp³-hybridized carbons (Fsp3) is 0.700. The number of rotatable bonds is 2. The maximum Gasteiger partial charge on any atom is 0.151 e. The zero-order valence-corrected chi connectivity index (χ0v) is 9.96. The molecule has 0 bridgehead atoms. The summed E-state index contributed by atoms with van der Waals surface area (Å²) >= 11 is 6.04. The van der Waals surface area contributed by atoms with Gasteiger partial charge in [0.15, 0.2) is 5.15 Å². The van der Waals surface area contributed by atoms with E-state index in [0.29, 0.717) is 17.7 Å². The molecule has 0 saturated heterocycles. The van der Waals surface area contributed by atoms with Gasteiger partial charge in [0, 0.05) is 25.6 Å². The van der Waals surface area contributed by atoms with Crippen LogP contribution in [-0.2, 0) is 19.5 Å². The topological polar surface area (TPSA) is 47.1 Å². The van der Waals surface area contributed by atoms with Crippen molar-refractivity contribution in [2.24, 2.45) is 5.73 Å². The van der Waals surface area contributed by atoms with Crippen molar-refractivity contribution in [1.29, 1.82) is 0 Å². The summed E-state index contributed by atoms with van der Waals surface area (Å²) < 4.78 is 2.17. The predicted molar refractivity (Wildman–Crippen MR) is 60.9 cm³/mol. The average molecular weight is 229 g/mol. The normalized spacial score (nSPS) is 20.7. The lowest BCUT2D eigenvalue weighted by Crippen LogP contribution is -2.36. The maximum absolute atomic E-state index is 6.04. The molecule has 15 heavy (non-hydrogen) atoms. The second kappa shape index (κ2) is 4.12. The largest absolute Gasteiger partial charge is 0.329 e. The molecule has 1 atom stereocenters. The Hall–Kier alpha value is -0.580. The van der Waals surface area contributed by atoms with E-state index < -0.39 is 0 Å². The molecule has 1 aromatic rings. The van der Waals surface area contributed by atoms with Crippen LogP contribution in [0.15, 0.2) is 0 Å². The zero-order valence-electron chi connectivity index (χ0n) is 9.20. The molecule has 2 heterocycles. The summed E-state index contributed by atoms with van der Waals surface area (Å²) in [6.07, 6.45) is 2.10. The van der Waals surface area contributed by atoms with Crippen LogP contribution in [0.3, 0.4) is 0 Å². The number of nitrogens with two attached hydrogens (primary N) is 1. The van der Waals surface area contributed by atoms with Crippen LogP contribution in [0, 0.1) is 0 Å². The first-order valence-corrected chi connectivity index (χ1v) is 5.61. The van der Waals surface area contributed by atoms with E-state index in [4.69, 9.17) is 17.3 Å². The van der Waals surface area contributed by atoms with Crippen molar-refractivity contribution in [3.05, 3.63) is 16.7 Å². The molecule has 2 N–H and O–H groups in total. The lowest BCUT2D eigenvalue weighted by atomic mass is 10.1. The van der Waals surface area contributed by atoms with Crippen LogP contribution in [0.1, 0.15) is 17.9 Å². The van der Waals surface area contributed by atoms with Gasteiger partial charge in [-0.1, -0.05) is 11.6 Å². The minimum absolute atomic E-state index is 0.471. The molecule has 0 aromatic carbocycles. The van der Waals surface area contributed by atoms with E-state index >= 15 is 0 Å². The van der Waals surface area contributed by atoms with Gasteiger partial charge in [-0.05, 0) is 20.5 Å². The zero-order chi connectivity index (χ0) is 11.0. The van der Waals surface area contributed by atoms with Gasteiger partial charge in [-0.3, -0.25) is 0 Å². The van der Waals surface area contributed by atoms with Crippen molar-refractivity contribution in [3.8, 4) is 0 Å². The van der Waals surface area contributed by atoms with Crippen LogP contribution in [0.5, 0.6) is 0 Å². The van der Waals surface area contributed by atoms with E-state index in [1.54, 1.807) is 0 Å². The molecular weight excluding hydrogens is 212 g/mol. The SMILES string of the molecule is CN(C)C1CCn2c(nc(Cl)c2CN)C1. The van der Waals surface area contributed by atoms with Gasteiger partial charge in [0.2, 0.25) is 0 Å². The Bertz CT molecular complexity index is 359. The highest BCUT2D eigenvalue weighted by Gasteiger charge is 2.24. The van der Waals surface area contributed by atoms with E-state index in [0.717, 1.165) is 30.9 Å². The molecule has 84 valence electrons. The molecule has 5 heteroatoms. The van der Waals surface area contributed by atoms with Crippen LogP contribution in [0.4, 0.5) is 0 Å². The first-order chi connectivity index (χ1) is 7.13. The Labute approximate surface area is 95.0 Å². The number of imidazole rings is 1. The van der Waals surface area contributed by atoms with Gasteiger partial charge in [0.05, 0.1) is 5.69 Å². The molecule has 0 spiro atoms. The Morgan fingerprint density at radius 3 is 2.93 bits per heavy atom. The highest BCUT2D eigenvalue weighted by atomic mass is 35.5. The second-order valence-corrected chi connectivity index (χ2v) is 4.59. The fourth-order valence-corrected chi connectivity index (χ4v) is 2.43. The number of fused-ring (bicyclic) bond motifs is 1. The summed E-state index contributed by atoms with van der Waals surface area (Å²) in [5.41, 5.74) is 6.63. The van der Waals surface area contributed by atoms with Gasteiger partial charge in [-0.25, -0.2) is 4.98 Å². The van der Waals surface area contributed by atoms with Gasteiger partial charge in [-0.2, -0.15) is 0 Å². The Morgan fingerprint density at radius 1 is 1.60 bits per heavy atom. The number of likely N-dealkylation sites (N-methyl/N-ethyl adjacent to an activating group) is 1. The third-order valence-corrected chi connectivity index (χ3v) is 3.43. The third kappa shape index (κ3) is 1.89. The Kier molecular flexibility index (Phi) is 3.00. The molecule has 1 unspecified atom stereocenters. The summed E-state index contributed by atoms with van der Waals surface area (Å²) in [7, 11) is 4.21. The first-order valence-electron chi connectivity index (χ1n) is 5.23. The number of nitrogens with zero attached hydrogens (tertiary/aromatic N) is 3. The minimum atomic E-state index is 0.471. The van der Waals surface area contributed by atoms with E-state index in [-0.39, 0.29) is 0 Å². The molecule has 0 saturated carbocycles. The van der Waals surface area contributed by atoms with Crippen LogP contribution in [0.25, 0.3) is 0 Å². The highest BCUT2D eigenvalue weighted by molar-refractivity contribution is 6.30. The predicted octanol–water partition coefficient (Wildman–Crippen LogP) is 0.872. The van der Waals surface area contributed by atoms with Crippen LogP contribution in [-0.4, -0.2) is 34.6 Å². The summed E-state index contributed by atoms with van der Waals surface area (Å²) in [6, 6.07) is 0.571. The van der Waals surface area contributed by atoms with Crippen molar-refractivity contribution in [3.63, 3.8) is 0 Å².